The average Bonchev–Trinajstić information content (AvgIpc) is 2.96. The number of hydrogen-bond acceptors (Lipinski definition) is 14. The van der Waals surface area contributed by atoms with Crippen LogP contribution in [0, 0.1) is 11.8 Å². The van der Waals surface area contributed by atoms with E-state index in [0.29, 0.717) is 74.4 Å². The zero-order chi connectivity index (χ0) is 57.5. The fraction of sp³-hybridized carbons (Fsp3) is 0.367. The first-order chi connectivity index (χ1) is 39.4. The molecule has 4 N–H and O–H groups in total. The number of aliphatic hydroxyl groups is 2. The van der Waals surface area contributed by atoms with Crippen LogP contribution >= 0.6 is 0 Å². The Balaban J connectivity index is 0.000000172. The molecule has 2 aliphatic carbocycles. The lowest BCUT2D eigenvalue weighted by molar-refractivity contribution is -0.139. The fourth-order valence-corrected chi connectivity index (χ4v) is 12.1. The van der Waals surface area contributed by atoms with Gasteiger partial charge in [-0.25, -0.2) is 0 Å². The second kappa shape index (κ2) is 23.1. The molecule has 428 valence electrons. The molecule has 2 saturated heterocycles. The van der Waals surface area contributed by atoms with Gasteiger partial charge in [-0.2, -0.15) is 26.3 Å². The summed E-state index contributed by atoms with van der Waals surface area (Å²) in [5, 5.41) is 56.0. The van der Waals surface area contributed by atoms with Gasteiger partial charge in [-0.05, 0) is 98.5 Å². The molecule has 6 heterocycles. The number of nitrogens with zero attached hydrogens (tertiary/aromatic N) is 6. The predicted molar refractivity (Wildman–Crippen MR) is 283 cm³/mol. The quantitative estimate of drug-likeness (QED) is 0.0743. The minimum absolute atomic E-state index is 0.0611. The number of aliphatic carboxylic acids is 2. The Hall–Kier alpha value is -7.92. The lowest BCUT2D eigenvalue weighted by Gasteiger charge is -2.33. The van der Waals surface area contributed by atoms with E-state index in [-0.39, 0.29) is 58.8 Å². The molecule has 0 bridgehead atoms. The molecule has 4 aromatic carbocycles. The van der Waals surface area contributed by atoms with Gasteiger partial charge in [-0.3, -0.25) is 9.59 Å². The number of carbonyl (C=O) groups is 2. The van der Waals surface area contributed by atoms with E-state index in [1.807, 2.05) is 24.3 Å². The average molecular weight is 1140 g/mol. The van der Waals surface area contributed by atoms with Gasteiger partial charge in [0.1, 0.15) is 22.5 Å². The molecule has 12 rings (SSSR count). The van der Waals surface area contributed by atoms with Crippen molar-refractivity contribution in [1.82, 2.24) is 30.4 Å². The topological polar surface area (TPSA) is 226 Å². The van der Waals surface area contributed by atoms with Gasteiger partial charge >= 0.3 is 24.3 Å². The molecule has 16 nitrogen and oxygen atoms in total. The van der Waals surface area contributed by atoms with Crippen LogP contribution in [0.15, 0.2) is 115 Å². The van der Waals surface area contributed by atoms with E-state index in [9.17, 15) is 46.1 Å². The molecule has 22 heteroatoms. The number of aryl methyl sites for hydroxylation is 2. The Kier molecular flexibility index (Phi) is 15.8. The smallest absolute Gasteiger partial charge is 0.422 e. The summed E-state index contributed by atoms with van der Waals surface area (Å²) in [4.78, 5) is 26.4. The van der Waals surface area contributed by atoms with Crippen molar-refractivity contribution in [3.05, 3.63) is 142 Å². The van der Waals surface area contributed by atoms with Crippen LogP contribution in [0.3, 0.4) is 0 Å². The van der Waals surface area contributed by atoms with Crippen molar-refractivity contribution in [2.45, 2.75) is 88.8 Å². The van der Waals surface area contributed by atoms with Gasteiger partial charge < -0.3 is 48.3 Å². The van der Waals surface area contributed by atoms with Gasteiger partial charge in [-0.15, -0.1) is 0 Å². The number of rotatable bonds is 14. The molecule has 2 aliphatic heterocycles. The molecule has 0 saturated carbocycles. The number of alkyl halides is 6. The number of halogens is 6. The summed E-state index contributed by atoms with van der Waals surface area (Å²) in [6.07, 6.45) is -5.43. The number of β-amino-alcohol motifs (C(OH)–C–C–N with tert-alkyl or cyclic N) is 2. The number of fused-ring (bicyclic) bond motifs is 6. The van der Waals surface area contributed by atoms with Crippen LogP contribution < -0.4 is 0 Å². The van der Waals surface area contributed by atoms with Gasteiger partial charge in [0.25, 0.3) is 0 Å². The largest absolute Gasteiger partial charge is 0.481 e. The normalized spacial score (nSPS) is 18.1. The highest BCUT2D eigenvalue weighted by Gasteiger charge is 2.45. The zero-order valence-corrected chi connectivity index (χ0v) is 44.1. The molecule has 0 radical (unpaired) electrons. The van der Waals surface area contributed by atoms with Crippen LogP contribution in [0.25, 0.3) is 68.1 Å². The molecular formula is C60H56F6N6O10. The van der Waals surface area contributed by atoms with Crippen LogP contribution in [0.2, 0.25) is 0 Å². The van der Waals surface area contributed by atoms with E-state index in [1.54, 1.807) is 48.5 Å². The third-order valence-corrected chi connectivity index (χ3v) is 15.9. The standard InChI is InChI=1S/2C30H28F3N3O5/c2*31-30(32,33)25-27(35-40-28(25)18-6-2-1-3-7-18)29-22-11-8-19-14-20(9-10-21(19)26(22)34-41-29)23(37)16-36-12-4-5-17(15-36)13-24(38)39/h2*1-3,6-7,9-10,14,17,23,37H,4-5,8,11-13,15-16H2,(H,38,39)/t17-,23+;17-,23-/m11/s1. The predicted octanol–water partition coefficient (Wildman–Crippen LogP) is 12.0. The Morgan fingerprint density at radius 3 is 1.28 bits per heavy atom. The number of aliphatic hydroxyl groups excluding tert-OH is 2. The summed E-state index contributed by atoms with van der Waals surface area (Å²) < 4.78 is 107. The second-order valence-electron chi connectivity index (χ2n) is 21.5. The van der Waals surface area contributed by atoms with Crippen molar-refractivity contribution in [3.63, 3.8) is 0 Å². The maximum Gasteiger partial charge on any atom is 0.422 e. The van der Waals surface area contributed by atoms with Gasteiger partial charge in [0, 0.05) is 72.4 Å². The van der Waals surface area contributed by atoms with Crippen LogP contribution in [-0.2, 0) is 47.6 Å². The SMILES string of the molecule is O=C(O)C[C@H]1CCCN(C[C@@H](O)c2ccc3c(c2)CCc2c-3noc2-c2noc(-c3ccccc3)c2C(F)(F)F)C1.O=C(O)C[C@H]1CCCN(C[C@H](O)c2ccc3c(c2)CCc2c-3noc2-c2noc(-c3ccccc3)c2C(F)(F)F)C1. The summed E-state index contributed by atoms with van der Waals surface area (Å²) in [7, 11) is 0. The zero-order valence-electron chi connectivity index (χ0n) is 44.1. The number of aromatic nitrogens is 4. The summed E-state index contributed by atoms with van der Waals surface area (Å²) in [6, 6.07) is 27.0. The molecule has 0 amide bonds. The molecule has 4 aromatic heterocycles. The van der Waals surface area contributed by atoms with Crippen LogP contribution in [0.1, 0.15) is 95.2 Å². The highest BCUT2D eigenvalue weighted by molar-refractivity contribution is 5.81. The van der Waals surface area contributed by atoms with E-state index in [1.165, 1.54) is 24.3 Å². The number of carboxylic acids is 2. The van der Waals surface area contributed by atoms with Gasteiger partial charge in [0.15, 0.2) is 34.4 Å². The number of carboxylic acid groups (broad SMARTS) is 2. The van der Waals surface area contributed by atoms with Crippen LogP contribution in [0.4, 0.5) is 26.3 Å². The third kappa shape index (κ3) is 11.7. The third-order valence-electron chi connectivity index (χ3n) is 15.9. The number of likely N-dealkylation sites (tertiary alicyclic amines) is 2. The number of benzene rings is 4. The van der Waals surface area contributed by atoms with Crippen molar-refractivity contribution >= 4 is 11.9 Å². The van der Waals surface area contributed by atoms with Crippen molar-refractivity contribution < 1.29 is 74.5 Å². The van der Waals surface area contributed by atoms with Gasteiger partial charge in [-0.1, -0.05) is 118 Å². The molecule has 0 unspecified atom stereocenters. The van der Waals surface area contributed by atoms with Gasteiger partial charge in [0.05, 0.1) is 12.2 Å². The van der Waals surface area contributed by atoms with Crippen molar-refractivity contribution in [2.75, 3.05) is 39.3 Å². The maximum atomic E-state index is 14.2. The molecule has 4 aliphatic rings. The Bertz CT molecular complexity index is 3360. The Morgan fingerprint density at radius 1 is 0.524 bits per heavy atom. The lowest BCUT2D eigenvalue weighted by atomic mass is 9.86. The van der Waals surface area contributed by atoms with Crippen molar-refractivity contribution in [1.29, 1.82) is 0 Å². The Morgan fingerprint density at radius 2 is 0.902 bits per heavy atom. The Labute approximate surface area is 464 Å². The number of piperidine rings is 2. The first kappa shape index (κ1) is 56.0. The fourth-order valence-electron chi connectivity index (χ4n) is 12.1. The maximum absolute atomic E-state index is 14.2. The summed E-state index contributed by atoms with van der Waals surface area (Å²) in [5.74, 6) is -2.35. The monoisotopic (exact) mass is 1130 g/mol. The van der Waals surface area contributed by atoms with Crippen molar-refractivity contribution in [3.8, 4) is 68.1 Å². The molecular weight excluding hydrogens is 1080 g/mol. The molecule has 2 fully saturated rings. The van der Waals surface area contributed by atoms with Crippen LogP contribution in [-0.4, -0.2) is 102 Å². The highest BCUT2D eigenvalue weighted by Crippen LogP contribution is 2.49. The lowest BCUT2D eigenvalue weighted by Crippen LogP contribution is -2.38. The second-order valence-corrected chi connectivity index (χ2v) is 21.5. The van der Waals surface area contributed by atoms with E-state index in [0.717, 1.165) is 72.2 Å². The minimum atomic E-state index is -4.74. The van der Waals surface area contributed by atoms with Crippen molar-refractivity contribution in [2.24, 2.45) is 11.8 Å². The minimum Gasteiger partial charge on any atom is -0.481 e. The van der Waals surface area contributed by atoms with Crippen LogP contribution in [0.5, 0.6) is 0 Å². The molecule has 8 aromatic rings. The summed E-state index contributed by atoms with van der Waals surface area (Å²) in [6.45, 7) is 3.66. The number of hydrogen-bond donors (Lipinski definition) is 4. The van der Waals surface area contributed by atoms with E-state index in [2.05, 4.69) is 30.4 Å². The first-order valence-electron chi connectivity index (χ1n) is 27.1. The first-order valence-corrected chi connectivity index (χ1v) is 27.1. The van der Waals surface area contributed by atoms with E-state index in [4.69, 9.17) is 28.3 Å². The summed E-state index contributed by atoms with van der Waals surface area (Å²) >= 11 is 0. The van der Waals surface area contributed by atoms with E-state index >= 15 is 0 Å². The van der Waals surface area contributed by atoms with Gasteiger partial charge in [0.2, 0.25) is 0 Å². The molecule has 4 atom stereocenters. The molecule has 0 spiro atoms. The summed E-state index contributed by atoms with van der Waals surface area (Å²) in [5.41, 5.74) is 4.35. The van der Waals surface area contributed by atoms with E-state index < -0.39 is 59.0 Å². The highest BCUT2D eigenvalue weighted by atomic mass is 19.4. The molecule has 82 heavy (non-hydrogen) atoms.